The van der Waals surface area contributed by atoms with Crippen molar-refractivity contribution in [2.24, 2.45) is 0 Å². The fourth-order valence-corrected chi connectivity index (χ4v) is 2.12. The first-order chi connectivity index (χ1) is 11.3. The number of nitrogens with one attached hydrogen (secondary N) is 1. The lowest BCUT2D eigenvalue weighted by molar-refractivity contribution is -0.150. The molecule has 0 atom stereocenters. The molecule has 1 rings (SSSR count). The first-order valence-corrected chi connectivity index (χ1v) is 7.60. The monoisotopic (exact) mass is 333 g/mol. The predicted molar refractivity (Wildman–Crippen MR) is 89.9 cm³/mol. The van der Waals surface area contributed by atoms with Crippen molar-refractivity contribution in [2.45, 2.75) is 32.7 Å². The minimum absolute atomic E-state index is 0.0890. The molecule has 0 heterocycles. The SMILES string of the molecule is CC(=O)NC(CC=Cc1ccccc1)(COC(C)=O)COC(C)=O. The Kier molecular flexibility index (Phi) is 7.68. The summed E-state index contributed by atoms with van der Waals surface area (Å²) < 4.78 is 10.1. The van der Waals surface area contributed by atoms with Gasteiger partial charge in [-0.15, -0.1) is 0 Å². The van der Waals surface area contributed by atoms with Gasteiger partial charge in [-0.2, -0.15) is 0 Å². The van der Waals surface area contributed by atoms with Crippen LogP contribution in [-0.2, 0) is 23.9 Å². The van der Waals surface area contributed by atoms with Crippen molar-refractivity contribution < 1.29 is 23.9 Å². The Hall–Kier alpha value is -2.63. The first-order valence-electron chi connectivity index (χ1n) is 7.60. The van der Waals surface area contributed by atoms with Crippen molar-refractivity contribution in [3.63, 3.8) is 0 Å². The third-order valence-corrected chi connectivity index (χ3v) is 3.16. The van der Waals surface area contributed by atoms with Gasteiger partial charge in [-0.1, -0.05) is 42.5 Å². The number of carbonyl (C=O) groups excluding carboxylic acids is 3. The zero-order valence-electron chi connectivity index (χ0n) is 14.2. The molecule has 1 N–H and O–H groups in total. The van der Waals surface area contributed by atoms with Gasteiger partial charge in [0.1, 0.15) is 18.8 Å². The molecular formula is C18H23NO5. The van der Waals surface area contributed by atoms with E-state index in [-0.39, 0.29) is 19.1 Å². The zero-order chi connectivity index (χ0) is 18.0. The smallest absolute Gasteiger partial charge is 0.302 e. The van der Waals surface area contributed by atoms with Gasteiger partial charge in [0.2, 0.25) is 5.91 Å². The molecule has 0 aliphatic rings. The summed E-state index contributed by atoms with van der Waals surface area (Å²) >= 11 is 0. The summed E-state index contributed by atoms with van der Waals surface area (Å²) in [6.45, 7) is 3.74. The summed E-state index contributed by atoms with van der Waals surface area (Å²) in [7, 11) is 0. The van der Waals surface area contributed by atoms with Gasteiger partial charge < -0.3 is 14.8 Å². The lowest BCUT2D eigenvalue weighted by Gasteiger charge is -2.32. The van der Waals surface area contributed by atoms with E-state index in [4.69, 9.17) is 9.47 Å². The van der Waals surface area contributed by atoms with Crippen molar-refractivity contribution in [3.8, 4) is 0 Å². The Morgan fingerprint density at radius 3 is 2.00 bits per heavy atom. The second-order valence-corrected chi connectivity index (χ2v) is 5.54. The van der Waals surface area contributed by atoms with Gasteiger partial charge in [-0.3, -0.25) is 14.4 Å². The van der Waals surface area contributed by atoms with Crippen LogP contribution in [-0.4, -0.2) is 36.6 Å². The molecule has 1 aromatic carbocycles. The van der Waals surface area contributed by atoms with Gasteiger partial charge in [0.05, 0.1) is 0 Å². The maximum atomic E-state index is 11.6. The van der Waals surface area contributed by atoms with Gasteiger partial charge in [0, 0.05) is 20.8 Å². The van der Waals surface area contributed by atoms with E-state index in [1.807, 2.05) is 42.5 Å². The maximum absolute atomic E-state index is 11.6. The second kappa shape index (κ2) is 9.50. The summed E-state index contributed by atoms with van der Waals surface area (Å²) in [5.74, 6) is -1.25. The van der Waals surface area contributed by atoms with Crippen molar-refractivity contribution in [1.82, 2.24) is 5.32 Å². The van der Waals surface area contributed by atoms with Gasteiger partial charge in [0.15, 0.2) is 0 Å². The number of amides is 1. The van der Waals surface area contributed by atoms with Gasteiger partial charge in [0.25, 0.3) is 0 Å². The van der Waals surface area contributed by atoms with E-state index >= 15 is 0 Å². The molecule has 0 fully saturated rings. The minimum Gasteiger partial charge on any atom is -0.463 e. The first kappa shape index (κ1) is 19.4. The molecule has 0 aliphatic heterocycles. The molecule has 0 radical (unpaired) electrons. The molecule has 0 unspecified atom stereocenters. The number of hydrogen-bond acceptors (Lipinski definition) is 5. The summed E-state index contributed by atoms with van der Waals surface area (Å²) in [6, 6.07) is 9.63. The average molecular weight is 333 g/mol. The minimum atomic E-state index is -1.01. The zero-order valence-corrected chi connectivity index (χ0v) is 14.2. The lowest BCUT2D eigenvalue weighted by Crippen LogP contribution is -2.55. The third kappa shape index (κ3) is 7.58. The van der Waals surface area contributed by atoms with Crippen LogP contribution >= 0.6 is 0 Å². The molecule has 0 aromatic heterocycles. The number of esters is 2. The molecule has 0 bridgehead atoms. The molecule has 0 spiro atoms. The predicted octanol–water partition coefficient (Wildman–Crippen LogP) is 2.09. The number of benzene rings is 1. The standard InChI is InChI=1S/C18H23NO5/c1-14(20)19-18(12-23-15(2)21,13-24-16(3)22)11-7-10-17-8-5-4-6-9-17/h4-10H,11-13H2,1-3H3,(H,19,20). The highest BCUT2D eigenvalue weighted by Gasteiger charge is 2.33. The molecule has 1 aromatic rings. The summed E-state index contributed by atoms with van der Waals surface area (Å²) in [6.07, 6.45) is 4.07. The van der Waals surface area contributed by atoms with E-state index in [2.05, 4.69) is 5.32 Å². The summed E-state index contributed by atoms with van der Waals surface area (Å²) in [5, 5.41) is 2.75. The maximum Gasteiger partial charge on any atom is 0.302 e. The topological polar surface area (TPSA) is 81.7 Å². The highest BCUT2D eigenvalue weighted by atomic mass is 16.5. The normalized spacial score (nSPS) is 11.1. The molecule has 6 heteroatoms. The molecule has 130 valence electrons. The van der Waals surface area contributed by atoms with Crippen LogP contribution in [0.25, 0.3) is 6.08 Å². The van der Waals surface area contributed by atoms with Crippen LogP contribution in [0, 0.1) is 0 Å². The van der Waals surface area contributed by atoms with Gasteiger partial charge >= 0.3 is 11.9 Å². The lowest BCUT2D eigenvalue weighted by atomic mass is 9.96. The van der Waals surface area contributed by atoms with E-state index in [1.165, 1.54) is 20.8 Å². The van der Waals surface area contributed by atoms with Crippen LogP contribution in [0.4, 0.5) is 0 Å². The van der Waals surface area contributed by atoms with Gasteiger partial charge in [-0.05, 0) is 12.0 Å². The van der Waals surface area contributed by atoms with Crippen LogP contribution in [0.15, 0.2) is 36.4 Å². The Morgan fingerprint density at radius 2 is 1.54 bits per heavy atom. The molecule has 1 amide bonds. The quantitative estimate of drug-likeness (QED) is 0.737. The molecule has 0 saturated heterocycles. The van der Waals surface area contributed by atoms with Crippen LogP contribution in [0.2, 0.25) is 0 Å². The van der Waals surface area contributed by atoms with Crippen LogP contribution in [0.5, 0.6) is 0 Å². The number of hydrogen-bond donors (Lipinski definition) is 1. The Balaban J connectivity index is 2.92. The van der Waals surface area contributed by atoms with E-state index in [0.29, 0.717) is 6.42 Å². The molecular weight excluding hydrogens is 310 g/mol. The highest BCUT2D eigenvalue weighted by Crippen LogP contribution is 2.16. The van der Waals surface area contributed by atoms with Crippen LogP contribution < -0.4 is 5.32 Å². The number of rotatable bonds is 8. The van der Waals surface area contributed by atoms with Crippen LogP contribution in [0.3, 0.4) is 0 Å². The average Bonchev–Trinajstić information content (AvgIpc) is 2.51. The van der Waals surface area contributed by atoms with Crippen LogP contribution in [0.1, 0.15) is 32.8 Å². The summed E-state index contributed by atoms with van der Waals surface area (Å²) in [5.41, 5.74) is -0.0109. The van der Waals surface area contributed by atoms with E-state index < -0.39 is 17.5 Å². The number of ether oxygens (including phenoxy) is 2. The number of carbonyl (C=O) groups is 3. The molecule has 0 aliphatic carbocycles. The molecule has 6 nitrogen and oxygen atoms in total. The Labute approximate surface area is 141 Å². The van der Waals surface area contributed by atoms with Crippen molar-refractivity contribution in [3.05, 3.63) is 42.0 Å². The highest BCUT2D eigenvalue weighted by molar-refractivity contribution is 5.74. The van der Waals surface area contributed by atoms with E-state index in [0.717, 1.165) is 5.56 Å². The molecule has 0 saturated carbocycles. The fraction of sp³-hybridized carbons (Fsp3) is 0.389. The Morgan fingerprint density at radius 1 is 1.00 bits per heavy atom. The van der Waals surface area contributed by atoms with Crippen molar-refractivity contribution >= 4 is 23.9 Å². The largest absolute Gasteiger partial charge is 0.463 e. The summed E-state index contributed by atoms with van der Waals surface area (Å²) in [4.78, 5) is 33.9. The third-order valence-electron chi connectivity index (χ3n) is 3.16. The van der Waals surface area contributed by atoms with Crippen molar-refractivity contribution in [1.29, 1.82) is 0 Å². The Bertz CT molecular complexity index is 577. The van der Waals surface area contributed by atoms with E-state index in [9.17, 15) is 14.4 Å². The van der Waals surface area contributed by atoms with Gasteiger partial charge in [-0.25, -0.2) is 0 Å². The fourth-order valence-electron chi connectivity index (χ4n) is 2.12. The van der Waals surface area contributed by atoms with E-state index in [1.54, 1.807) is 0 Å². The molecule has 24 heavy (non-hydrogen) atoms. The van der Waals surface area contributed by atoms with Crippen molar-refractivity contribution in [2.75, 3.05) is 13.2 Å². The second-order valence-electron chi connectivity index (χ2n) is 5.54.